The fourth-order valence-electron chi connectivity index (χ4n) is 2.23. The predicted molar refractivity (Wildman–Crippen MR) is 95.4 cm³/mol. The number of halogens is 2. The van der Waals surface area contributed by atoms with Crippen molar-refractivity contribution < 1.29 is 0 Å². The van der Waals surface area contributed by atoms with Crippen molar-refractivity contribution >= 4 is 54.8 Å². The Kier molecular flexibility index (Phi) is 4.44. The molecule has 0 bridgehead atoms. The van der Waals surface area contributed by atoms with Crippen molar-refractivity contribution in [1.29, 1.82) is 0 Å². The molecule has 1 aromatic carbocycles. The molecule has 1 atom stereocenters. The number of benzene rings is 1. The molecule has 0 amide bonds. The molecule has 0 fully saturated rings. The van der Waals surface area contributed by atoms with Crippen molar-refractivity contribution in [1.82, 2.24) is 14.7 Å². The molecule has 2 aromatic heterocycles. The lowest BCUT2D eigenvalue weighted by molar-refractivity contribution is 0.583. The normalized spacial score (nSPS) is 12.9. The van der Waals surface area contributed by atoms with Gasteiger partial charge in [-0.05, 0) is 53.4 Å². The molecule has 0 radical (unpaired) electrons. The van der Waals surface area contributed by atoms with E-state index in [0.29, 0.717) is 0 Å². The Bertz CT molecular complexity index is 708. The second-order valence-electron chi connectivity index (χ2n) is 4.54. The molecule has 1 unspecified atom stereocenters. The van der Waals surface area contributed by atoms with E-state index in [0.717, 1.165) is 21.5 Å². The molecule has 0 spiro atoms. The van der Waals surface area contributed by atoms with E-state index in [4.69, 9.17) is 0 Å². The van der Waals surface area contributed by atoms with Crippen LogP contribution in [0.4, 0.5) is 0 Å². The van der Waals surface area contributed by atoms with E-state index >= 15 is 0 Å². The van der Waals surface area contributed by atoms with Crippen LogP contribution in [-0.4, -0.2) is 16.4 Å². The zero-order valence-corrected chi connectivity index (χ0v) is 15.4. The van der Waals surface area contributed by atoms with Gasteiger partial charge in [0.2, 0.25) is 0 Å². The van der Waals surface area contributed by atoms with E-state index in [2.05, 4.69) is 83.0 Å². The molecule has 2 heterocycles. The van der Waals surface area contributed by atoms with Crippen LogP contribution in [0.5, 0.6) is 0 Å². The molecule has 3 aromatic rings. The number of nitrogens with one attached hydrogen (secondary N) is 1. The average molecular weight is 462 g/mol. The summed E-state index contributed by atoms with van der Waals surface area (Å²) < 4.78 is 4.46. The second kappa shape index (κ2) is 6.13. The number of nitrogens with zero attached hydrogens (tertiary/aromatic N) is 2. The Labute approximate surface area is 143 Å². The lowest BCUT2D eigenvalue weighted by Crippen LogP contribution is -2.19. The van der Waals surface area contributed by atoms with E-state index in [9.17, 15) is 0 Å². The fraction of sp³-hybridized carbons (Fsp3) is 0.214. The summed E-state index contributed by atoms with van der Waals surface area (Å²) in [5.41, 5.74) is 2.39. The first-order chi connectivity index (χ1) is 9.67. The van der Waals surface area contributed by atoms with Crippen LogP contribution in [0.2, 0.25) is 0 Å². The highest BCUT2D eigenvalue weighted by atomic mass is 127. The summed E-state index contributed by atoms with van der Waals surface area (Å²) >= 11 is 7.66. The van der Waals surface area contributed by atoms with Gasteiger partial charge in [-0.2, -0.15) is 0 Å². The number of hydrogen-bond donors (Lipinski definition) is 1. The Morgan fingerprint density at radius 2 is 2.35 bits per heavy atom. The average Bonchev–Trinajstić information content (AvgIpc) is 3.00. The van der Waals surface area contributed by atoms with E-state index in [1.807, 2.05) is 13.2 Å². The summed E-state index contributed by atoms with van der Waals surface area (Å²) in [6.45, 7) is 0. The van der Waals surface area contributed by atoms with Crippen molar-refractivity contribution in [3.05, 3.63) is 55.3 Å². The second-order valence-corrected chi connectivity index (χ2v) is 7.51. The summed E-state index contributed by atoms with van der Waals surface area (Å²) in [7, 11) is 2.00. The molecule has 104 valence electrons. The number of imidazole rings is 1. The molecule has 3 rings (SSSR count). The molecule has 0 aliphatic heterocycles. The first-order valence-electron chi connectivity index (χ1n) is 6.20. The van der Waals surface area contributed by atoms with Gasteiger partial charge >= 0.3 is 0 Å². The highest BCUT2D eigenvalue weighted by molar-refractivity contribution is 14.1. The Hall–Kier alpha value is -0.440. The maximum Gasteiger partial charge on any atom is 0.193 e. The Morgan fingerprint density at radius 1 is 1.50 bits per heavy atom. The Balaban J connectivity index is 1.89. The summed E-state index contributed by atoms with van der Waals surface area (Å²) in [5, 5.41) is 5.45. The first-order valence-corrected chi connectivity index (χ1v) is 8.96. The number of aromatic nitrogens is 2. The van der Waals surface area contributed by atoms with Gasteiger partial charge in [-0.3, -0.25) is 4.40 Å². The first kappa shape index (κ1) is 14.5. The highest BCUT2D eigenvalue weighted by Crippen LogP contribution is 2.28. The molecular formula is C14H13BrIN3S. The monoisotopic (exact) mass is 461 g/mol. The largest absolute Gasteiger partial charge is 0.313 e. The third kappa shape index (κ3) is 2.93. The van der Waals surface area contributed by atoms with Crippen LogP contribution in [0, 0.1) is 3.57 Å². The number of hydrogen-bond acceptors (Lipinski definition) is 3. The van der Waals surface area contributed by atoms with Gasteiger partial charge in [0.05, 0.1) is 5.69 Å². The van der Waals surface area contributed by atoms with Crippen LogP contribution in [0.25, 0.3) is 4.96 Å². The van der Waals surface area contributed by atoms with Gasteiger partial charge in [0.1, 0.15) is 0 Å². The van der Waals surface area contributed by atoms with Gasteiger partial charge in [-0.15, -0.1) is 11.3 Å². The molecule has 0 saturated carbocycles. The number of rotatable bonds is 4. The molecule has 0 aliphatic rings. The minimum absolute atomic E-state index is 0.253. The van der Waals surface area contributed by atoms with Crippen molar-refractivity contribution in [3.8, 4) is 0 Å². The van der Waals surface area contributed by atoms with Gasteiger partial charge < -0.3 is 5.32 Å². The SMILES string of the molecule is CNC(Cc1cn2ccsc2n1)c1cc(I)ccc1Br. The van der Waals surface area contributed by atoms with Gasteiger partial charge in [0.25, 0.3) is 0 Å². The van der Waals surface area contributed by atoms with Crippen LogP contribution in [0.1, 0.15) is 17.3 Å². The molecule has 1 N–H and O–H groups in total. The smallest absolute Gasteiger partial charge is 0.193 e. The third-order valence-corrected chi connectivity index (χ3v) is 5.40. The number of likely N-dealkylation sites (N-methyl/N-ethyl adjacent to an activating group) is 1. The van der Waals surface area contributed by atoms with Crippen molar-refractivity contribution in [2.75, 3.05) is 7.05 Å². The van der Waals surface area contributed by atoms with E-state index in [1.165, 1.54) is 9.13 Å². The molecule has 20 heavy (non-hydrogen) atoms. The molecule has 0 saturated heterocycles. The molecule has 6 heteroatoms. The van der Waals surface area contributed by atoms with Gasteiger partial charge in [-0.25, -0.2) is 4.98 Å². The maximum absolute atomic E-state index is 4.66. The summed E-state index contributed by atoms with van der Waals surface area (Å²) in [5.74, 6) is 0. The number of fused-ring (bicyclic) bond motifs is 1. The van der Waals surface area contributed by atoms with E-state index < -0.39 is 0 Å². The summed E-state index contributed by atoms with van der Waals surface area (Å²) in [4.78, 5) is 5.71. The highest BCUT2D eigenvalue weighted by Gasteiger charge is 2.15. The third-order valence-electron chi connectivity index (χ3n) is 3.24. The molecule has 3 nitrogen and oxygen atoms in total. The maximum atomic E-state index is 4.66. The minimum atomic E-state index is 0.253. The van der Waals surface area contributed by atoms with Crippen LogP contribution >= 0.6 is 49.9 Å². The van der Waals surface area contributed by atoms with E-state index in [1.54, 1.807) is 11.3 Å². The van der Waals surface area contributed by atoms with Crippen LogP contribution < -0.4 is 5.32 Å². The van der Waals surface area contributed by atoms with Crippen molar-refractivity contribution in [2.24, 2.45) is 0 Å². The van der Waals surface area contributed by atoms with Crippen LogP contribution in [0.15, 0.2) is 40.4 Å². The van der Waals surface area contributed by atoms with Crippen LogP contribution in [-0.2, 0) is 6.42 Å². The Morgan fingerprint density at radius 3 is 3.10 bits per heavy atom. The van der Waals surface area contributed by atoms with Gasteiger partial charge in [-0.1, -0.05) is 15.9 Å². The fourth-order valence-corrected chi connectivity index (χ4v) is 3.99. The molecular weight excluding hydrogens is 449 g/mol. The zero-order chi connectivity index (χ0) is 14.1. The quantitative estimate of drug-likeness (QED) is 0.588. The van der Waals surface area contributed by atoms with Crippen molar-refractivity contribution in [2.45, 2.75) is 12.5 Å². The van der Waals surface area contributed by atoms with Crippen LogP contribution in [0.3, 0.4) is 0 Å². The lowest BCUT2D eigenvalue weighted by Gasteiger charge is -2.17. The van der Waals surface area contributed by atoms with E-state index in [-0.39, 0.29) is 6.04 Å². The van der Waals surface area contributed by atoms with Crippen molar-refractivity contribution in [3.63, 3.8) is 0 Å². The number of thiazole rings is 1. The minimum Gasteiger partial charge on any atom is -0.313 e. The standard InChI is InChI=1S/C14H13BrIN3S/c1-17-13(11-6-9(16)2-3-12(11)15)7-10-8-19-4-5-20-14(19)18-10/h2-6,8,13,17H,7H2,1H3. The predicted octanol–water partition coefficient (Wildman–Crippen LogP) is 4.27. The van der Waals surface area contributed by atoms with Gasteiger partial charge in [0.15, 0.2) is 4.96 Å². The summed E-state index contributed by atoms with van der Waals surface area (Å²) in [6, 6.07) is 6.67. The zero-order valence-electron chi connectivity index (χ0n) is 10.8. The lowest BCUT2D eigenvalue weighted by atomic mass is 10.0. The molecule has 0 aliphatic carbocycles. The van der Waals surface area contributed by atoms with Gasteiger partial charge in [0, 0.05) is 38.3 Å². The summed E-state index contributed by atoms with van der Waals surface area (Å²) in [6.07, 6.45) is 5.04. The topological polar surface area (TPSA) is 29.3 Å².